The predicted octanol–water partition coefficient (Wildman–Crippen LogP) is 2.75. The number of ether oxygens (including phenoxy) is 1. The van der Waals surface area contributed by atoms with E-state index in [2.05, 4.69) is 15.9 Å². The van der Waals surface area contributed by atoms with E-state index in [-0.39, 0.29) is 22.2 Å². The fourth-order valence-corrected chi connectivity index (χ4v) is 2.13. The van der Waals surface area contributed by atoms with Crippen LogP contribution in [0, 0.1) is 5.82 Å². The van der Waals surface area contributed by atoms with Crippen LogP contribution in [0.2, 0.25) is 0 Å². The van der Waals surface area contributed by atoms with Gasteiger partial charge < -0.3 is 9.15 Å². The van der Waals surface area contributed by atoms with Gasteiger partial charge in [0, 0.05) is 29.3 Å². The summed E-state index contributed by atoms with van der Waals surface area (Å²) in [5, 5.41) is 0.647. The summed E-state index contributed by atoms with van der Waals surface area (Å²) in [5.41, 5.74) is -0.651. The Hall–Kier alpha value is -1.69. The number of carbonyl (C=O) groups is 1. The molecule has 4 nitrogen and oxygen atoms in total. The Labute approximate surface area is 109 Å². The van der Waals surface area contributed by atoms with E-state index < -0.39 is 17.4 Å². The van der Waals surface area contributed by atoms with E-state index >= 15 is 0 Å². The smallest absolute Gasteiger partial charge is 0.372 e. The number of hydrogen-bond donors (Lipinski definition) is 0. The van der Waals surface area contributed by atoms with Crippen LogP contribution in [-0.4, -0.2) is 5.97 Å². The number of hydrogen-bond acceptors (Lipinski definition) is 4. The number of alkyl halides is 1. The third kappa shape index (κ3) is 2.28. The van der Waals surface area contributed by atoms with Crippen molar-refractivity contribution in [1.29, 1.82) is 0 Å². The zero-order valence-electron chi connectivity index (χ0n) is 9.33. The molecule has 2 rings (SSSR count). The standard InChI is InChI=1S/C12H8BrFO4/c1-6(15)17-7-2-3-8-9(5-13)11(14)12(16)18-10(8)4-7/h2-4H,5H2,1H3. The normalized spacial score (nSPS) is 10.6. The van der Waals surface area contributed by atoms with Crippen LogP contribution in [-0.2, 0) is 10.1 Å². The topological polar surface area (TPSA) is 56.5 Å². The Bertz CT molecular complexity index is 678. The van der Waals surface area contributed by atoms with Gasteiger partial charge in [-0.05, 0) is 12.1 Å². The Morgan fingerprint density at radius 3 is 2.83 bits per heavy atom. The summed E-state index contributed by atoms with van der Waals surface area (Å²) >= 11 is 3.12. The van der Waals surface area contributed by atoms with Crippen LogP contribution in [0.15, 0.2) is 27.4 Å². The molecule has 0 aliphatic heterocycles. The molecule has 0 aliphatic rings. The molecule has 0 saturated heterocycles. The van der Waals surface area contributed by atoms with Crippen LogP contribution in [0.4, 0.5) is 4.39 Å². The highest BCUT2D eigenvalue weighted by atomic mass is 79.9. The molecule has 0 bridgehead atoms. The Morgan fingerprint density at radius 1 is 1.50 bits per heavy atom. The first-order valence-corrected chi connectivity index (χ1v) is 6.14. The van der Waals surface area contributed by atoms with Crippen LogP contribution in [0.3, 0.4) is 0 Å². The summed E-state index contributed by atoms with van der Waals surface area (Å²) in [7, 11) is 0. The highest BCUT2D eigenvalue weighted by Gasteiger charge is 2.14. The summed E-state index contributed by atoms with van der Waals surface area (Å²) < 4.78 is 23.2. The zero-order chi connectivity index (χ0) is 13.3. The number of halogens is 2. The molecule has 0 aliphatic carbocycles. The average molecular weight is 315 g/mol. The van der Waals surface area contributed by atoms with Crippen molar-refractivity contribution in [3.8, 4) is 5.75 Å². The van der Waals surface area contributed by atoms with Gasteiger partial charge in [-0.2, -0.15) is 4.39 Å². The molecular formula is C12H8BrFO4. The summed E-state index contributed by atoms with van der Waals surface area (Å²) in [5.74, 6) is -1.16. The maximum Gasteiger partial charge on any atom is 0.372 e. The molecule has 0 spiro atoms. The summed E-state index contributed by atoms with van der Waals surface area (Å²) in [6.07, 6.45) is 0. The number of esters is 1. The fourth-order valence-electron chi connectivity index (χ4n) is 1.58. The second-order valence-electron chi connectivity index (χ2n) is 3.57. The quantitative estimate of drug-likeness (QED) is 0.370. The fraction of sp³-hybridized carbons (Fsp3) is 0.167. The summed E-state index contributed by atoms with van der Waals surface area (Å²) in [6, 6.07) is 4.43. The first kappa shape index (κ1) is 12.8. The number of rotatable bonds is 2. The number of benzene rings is 1. The minimum atomic E-state index is -1.04. The van der Waals surface area contributed by atoms with E-state index in [1.165, 1.54) is 25.1 Å². The van der Waals surface area contributed by atoms with E-state index in [4.69, 9.17) is 9.15 Å². The molecule has 0 saturated carbocycles. The SMILES string of the molecule is CC(=O)Oc1ccc2c(CBr)c(F)c(=O)oc2c1. The highest BCUT2D eigenvalue weighted by molar-refractivity contribution is 9.08. The van der Waals surface area contributed by atoms with Gasteiger partial charge in [-0.1, -0.05) is 15.9 Å². The molecule has 18 heavy (non-hydrogen) atoms. The van der Waals surface area contributed by atoms with Crippen LogP contribution >= 0.6 is 15.9 Å². The number of fused-ring (bicyclic) bond motifs is 1. The molecule has 2 aromatic rings. The molecule has 1 aromatic carbocycles. The first-order valence-electron chi connectivity index (χ1n) is 5.02. The summed E-state index contributed by atoms with van der Waals surface area (Å²) in [6.45, 7) is 1.26. The molecular weight excluding hydrogens is 307 g/mol. The van der Waals surface area contributed by atoms with Crippen LogP contribution in [0.5, 0.6) is 5.75 Å². The maximum absolute atomic E-state index is 13.5. The van der Waals surface area contributed by atoms with Crippen molar-refractivity contribution in [2.24, 2.45) is 0 Å². The van der Waals surface area contributed by atoms with Gasteiger partial charge in [0.2, 0.25) is 5.82 Å². The Kier molecular flexibility index (Phi) is 3.47. The molecule has 0 unspecified atom stereocenters. The molecule has 1 heterocycles. The van der Waals surface area contributed by atoms with Crippen molar-refractivity contribution < 1.29 is 18.3 Å². The lowest BCUT2D eigenvalue weighted by Crippen LogP contribution is -2.08. The second-order valence-corrected chi connectivity index (χ2v) is 4.13. The van der Waals surface area contributed by atoms with Crippen molar-refractivity contribution in [1.82, 2.24) is 0 Å². The largest absolute Gasteiger partial charge is 0.427 e. The zero-order valence-corrected chi connectivity index (χ0v) is 10.9. The molecule has 0 N–H and O–H groups in total. The van der Waals surface area contributed by atoms with Crippen molar-refractivity contribution >= 4 is 32.9 Å². The van der Waals surface area contributed by atoms with Crippen molar-refractivity contribution in [2.45, 2.75) is 12.3 Å². The average Bonchev–Trinajstić information content (AvgIpc) is 2.30. The lowest BCUT2D eigenvalue weighted by atomic mass is 10.1. The third-order valence-corrected chi connectivity index (χ3v) is 2.88. The van der Waals surface area contributed by atoms with Crippen LogP contribution in [0.1, 0.15) is 12.5 Å². The Balaban J connectivity index is 2.68. The van der Waals surface area contributed by atoms with Crippen molar-refractivity contribution in [2.75, 3.05) is 0 Å². The molecule has 0 amide bonds. The van der Waals surface area contributed by atoms with E-state index in [1.54, 1.807) is 0 Å². The van der Waals surface area contributed by atoms with Gasteiger partial charge in [0.05, 0.1) is 0 Å². The maximum atomic E-state index is 13.5. The van der Waals surface area contributed by atoms with Gasteiger partial charge in [0.25, 0.3) is 0 Å². The third-order valence-electron chi connectivity index (χ3n) is 2.32. The predicted molar refractivity (Wildman–Crippen MR) is 66.4 cm³/mol. The van der Waals surface area contributed by atoms with Gasteiger partial charge in [-0.15, -0.1) is 0 Å². The minimum absolute atomic E-state index is 0.176. The van der Waals surface area contributed by atoms with Gasteiger partial charge in [-0.3, -0.25) is 4.79 Å². The van der Waals surface area contributed by atoms with E-state index in [1.807, 2.05) is 0 Å². The highest BCUT2D eigenvalue weighted by Crippen LogP contribution is 2.25. The second kappa shape index (κ2) is 4.89. The van der Waals surface area contributed by atoms with Crippen LogP contribution < -0.4 is 10.4 Å². The van der Waals surface area contributed by atoms with E-state index in [9.17, 15) is 14.0 Å². The number of carbonyl (C=O) groups excluding carboxylic acids is 1. The van der Waals surface area contributed by atoms with Gasteiger partial charge >= 0.3 is 11.6 Å². The minimum Gasteiger partial charge on any atom is -0.427 e. The lowest BCUT2D eigenvalue weighted by molar-refractivity contribution is -0.131. The first-order chi connectivity index (χ1) is 8.52. The molecule has 94 valence electrons. The van der Waals surface area contributed by atoms with Crippen molar-refractivity contribution in [3.05, 3.63) is 40.0 Å². The molecule has 0 atom stereocenters. The van der Waals surface area contributed by atoms with Gasteiger partial charge in [0.1, 0.15) is 11.3 Å². The van der Waals surface area contributed by atoms with Crippen molar-refractivity contribution in [3.63, 3.8) is 0 Å². The van der Waals surface area contributed by atoms with E-state index in [0.29, 0.717) is 5.39 Å². The lowest BCUT2D eigenvalue weighted by Gasteiger charge is -2.05. The van der Waals surface area contributed by atoms with E-state index in [0.717, 1.165) is 0 Å². The van der Waals surface area contributed by atoms with Crippen LogP contribution in [0.25, 0.3) is 11.0 Å². The molecule has 6 heteroatoms. The Morgan fingerprint density at radius 2 is 2.22 bits per heavy atom. The molecule has 1 aromatic heterocycles. The van der Waals surface area contributed by atoms with Gasteiger partial charge in [0.15, 0.2) is 0 Å². The molecule has 0 fully saturated rings. The molecule has 0 radical (unpaired) electrons. The monoisotopic (exact) mass is 314 g/mol. The van der Waals surface area contributed by atoms with Gasteiger partial charge in [-0.25, -0.2) is 4.79 Å². The summed E-state index contributed by atoms with van der Waals surface area (Å²) in [4.78, 5) is 22.1.